The molecule has 9 heteroatoms. The number of rotatable bonds is 8. The lowest BCUT2D eigenvalue weighted by atomic mass is 9.94. The predicted octanol–water partition coefficient (Wildman–Crippen LogP) is 2.86. The average molecular weight is 497 g/mol. The predicted molar refractivity (Wildman–Crippen MR) is 133 cm³/mol. The van der Waals surface area contributed by atoms with Crippen LogP contribution in [0.15, 0.2) is 42.0 Å². The van der Waals surface area contributed by atoms with Gasteiger partial charge in [0.25, 0.3) is 11.7 Å². The van der Waals surface area contributed by atoms with Crippen molar-refractivity contribution in [3.05, 3.63) is 58.7 Å². The number of carbonyl (C=O) groups excluding carboxylic acids is 2. The highest BCUT2D eigenvalue weighted by Crippen LogP contribution is 2.42. The standard InChI is InChI=1S/C27H32N2O7/c1-4-36-22-16-18(5-7-20(22)30)24-23(25(31)19-6-8-21(34-3)17(2)15-19)26(32)27(33)29(24)10-9-28-11-13-35-14-12-28/h5-8,15-16,24,30-31H,4,9-14H2,1-3H3/t24-/m0/s1. The number of ether oxygens (including phenoxy) is 3. The first-order chi connectivity index (χ1) is 17.3. The van der Waals surface area contributed by atoms with Gasteiger partial charge in [0.2, 0.25) is 0 Å². The van der Waals surface area contributed by atoms with Gasteiger partial charge in [-0.2, -0.15) is 0 Å². The number of phenols is 1. The van der Waals surface area contributed by atoms with Crippen molar-refractivity contribution in [1.29, 1.82) is 0 Å². The smallest absolute Gasteiger partial charge is 0.295 e. The molecule has 192 valence electrons. The van der Waals surface area contributed by atoms with Crippen LogP contribution in [0, 0.1) is 6.92 Å². The molecule has 2 saturated heterocycles. The van der Waals surface area contributed by atoms with Crippen LogP contribution in [-0.4, -0.2) is 84.8 Å². The van der Waals surface area contributed by atoms with E-state index in [2.05, 4.69) is 4.90 Å². The van der Waals surface area contributed by atoms with Gasteiger partial charge < -0.3 is 29.3 Å². The number of benzene rings is 2. The van der Waals surface area contributed by atoms with Gasteiger partial charge in [0.1, 0.15) is 11.5 Å². The number of aromatic hydroxyl groups is 1. The molecule has 0 aromatic heterocycles. The van der Waals surface area contributed by atoms with Crippen LogP contribution in [0.25, 0.3) is 5.76 Å². The van der Waals surface area contributed by atoms with E-state index in [0.717, 1.165) is 18.7 Å². The minimum atomic E-state index is -0.840. The Bertz CT molecular complexity index is 1170. The van der Waals surface area contributed by atoms with E-state index in [0.29, 0.717) is 49.8 Å². The molecule has 0 aliphatic carbocycles. The highest BCUT2D eigenvalue weighted by Gasteiger charge is 2.46. The summed E-state index contributed by atoms with van der Waals surface area (Å²) < 4.78 is 16.3. The van der Waals surface area contributed by atoms with Crippen LogP contribution in [0.2, 0.25) is 0 Å². The van der Waals surface area contributed by atoms with Crippen LogP contribution in [-0.2, 0) is 14.3 Å². The molecule has 0 radical (unpaired) electrons. The molecule has 2 fully saturated rings. The molecule has 9 nitrogen and oxygen atoms in total. The number of ketones is 1. The summed E-state index contributed by atoms with van der Waals surface area (Å²) in [5.74, 6) is -0.839. The summed E-state index contributed by atoms with van der Waals surface area (Å²) in [6.07, 6.45) is 0. The molecule has 1 atom stereocenters. The first-order valence-electron chi connectivity index (χ1n) is 12.0. The topological polar surface area (TPSA) is 109 Å². The summed E-state index contributed by atoms with van der Waals surface area (Å²) in [6, 6.07) is 8.97. The van der Waals surface area contributed by atoms with Crippen LogP contribution in [0.3, 0.4) is 0 Å². The van der Waals surface area contributed by atoms with Crippen LogP contribution in [0.5, 0.6) is 17.2 Å². The Morgan fingerprint density at radius 2 is 1.83 bits per heavy atom. The molecule has 2 aromatic carbocycles. The molecule has 2 N–H and O–H groups in total. The molecule has 0 spiro atoms. The number of phenolic OH excluding ortho intramolecular Hbond substituents is 1. The van der Waals surface area contributed by atoms with E-state index in [9.17, 15) is 19.8 Å². The van der Waals surface area contributed by atoms with Crippen molar-refractivity contribution in [2.45, 2.75) is 19.9 Å². The molecule has 1 amide bonds. The third-order valence-electron chi connectivity index (χ3n) is 6.57. The van der Waals surface area contributed by atoms with E-state index >= 15 is 0 Å². The number of nitrogens with zero attached hydrogens (tertiary/aromatic N) is 2. The Kier molecular flexibility index (Phi) is 7.81. The molecule has 0 bridgehead atoms. The zero-order valence-electron chi connectivity index (χ0n) is 20.8. The van der Waals surface area contributed by atoms with E-state index in [1.54, 1.807) is 44.4 Å². The first-order valence-corrected chi connectivity index (χ1v) is 12.0. The minimum absolute atomic E-state index is 0.000294. The van der Waals surface area contributed by atoms with Gasteiger partial charge in [0.05, 0.1) is 38.5 Å². The normalized spacial score (nSPS) is 20.1. The summed E-state index contributed by atoms with van der Waals surface area (Å²) in [4.78, 5) is 30.2. The van der Waals surface area contributed by atoms with Gasteiger partial charge in [-0.05, 0) is 55.3 Å². The van der Waals surface area contributed by atoms with E-state index < -0.39 is 17.7 Å². The number of hydrogen-bond donors (Lipinski definition) is 2. The molecule has 4 rings (SSSR count). The van der Waals surface area contributed by atoms with Crippen molar-refractivity contribution < 1.29 is 34.0 Å². The summed E-state index contributed by atoms with van der Waals surface area (Å²) in [5, 5.41) is 21.5. The largest absolute Gasteiger partial charge is 0.507 e. The van der Waals surface area contributed by atoms with Crippen LogP contribution >= 0.6 is 0 Å². The van der Waals surface area contributed by atoms with E-state index in [-0.39, 0.29) is 22.8 Å². The molecule has 36 heavy (non-hydrogen) atoms. The van der Waals surface area contributed by atoms with E-state index in [1.807, 2.05) is 6.92 Å². The minimum Gasteiger partial charge on any atom is -0.507 e. The maximum absolute atomic E-state index is 13.3. The summed E-state index contributed by atoms with van der Waals surface area (Å²) in [7, 11) is 1.56. The van der Waals surface area contributed by atoms with Crippen molar-refractivity contribution in [2.24, 2.45) is 0 Å². The van der Waals surface area contributed by atoms with E-state index in [4.69, 9.17) is 14.2 Å². The van der Waals surface area contributed by atoms with Crippen molar-refractivity contribution in [3.8, 4) is 17.2 Å². The van der Waals surface area contributed by atoms with Gasteiger partial charge in [-0.1, -0.05) is 6.07 Å². The maximum Gasteiger partial charge on any atom is 0.295 e. The third-order valence-corrected chi connectivity index (χ3v) is 6.57. The van der Waals surface area contributed by atoms with Crippen molar-refractivity contribution in [3.63, 3.8) is 0 Å². The Hall–Kier alpha value is -3.56. The number of aryl methyl sites for hydroxylation is 1. The molecular formula is C27H32N2O7. The highest BCUT2D eigenvalue weighted by molar-refractivity contribution is 6.46. The highest BCUT2D eigenvalue weighted by atomic mass is 16.5. The number of carbonyl (C=O) groups is 2. The van der Waals surface area contributed by atoms with Crippen molar-refractivity contribution >= 4 is 17.4 Å². The number of likely N-dealkylation sites (tertiary alicyclic amines) is 1. The second-order valence-corrected chi connectivity index (χ2v) is 8.79. The molecule has 0 saturated carbocycles. The van der Waals surface area contributed by atoms with Crippen LogP contribution in [0.1, 0.15) is 29.7 Å². The van der Waals surface area contributed by atoms with Gasteiger partial charge in [0, 0.05) is 31.7 Å². The molecule has 2 aromatic rings. The monoisotopic (exact) mass is 496 g/mol. The number of aliphatic hydroxyl groups is 1. The van der Waals surface area contributed by atoms with Crippen molar-refractivity contribution in [2.75, 3.05) is 53.1 Å². The Balaban J connectivity index is 1.78. The number of Topliss-reactive ketones (excluding diaryl/α,β-unsaturated/α-hetero) is 1. The fourth-order valence-corrected chi connectivity index (χ4v) is 4.68. The van der Waals surface area contributed by atoms with Gasteiger partial charge in [-0.25, -0.2) is 0 Å². The number of morpholine rings is 1. The average Bonchev–Trinajstić information content (AvgIpc) is 3.14. The lowest BCUT2D eigenvalue weighted by Crippen LogP contribution is -2.42. The molecule has 2 aliphatic heterocycles. The van der Waals surface area contributed by atoms with Gasteiger partial charge in [0.15, 0.2) is 11.5 Å². The fourth-order valence-electron chi connectivity index (χ4n) is 4.68. The summed E-state index contributed by atoms with van der Waals surface area (Å²) >= 11 is 0. The Labute approximate surface area is 210 Å². The maximum atomic E-state index is 13.3. The molecule has 2 aliphatic rings. The second kappa shape index (κ2) is 11.0. The second-order valence-electron chi connectivity index (χ2n) is 8.79. The first kappa shape index (κ1) is 25.5. The van der Waals surface area contributed by atoms with Crippen molar-refractivity contribution in [1.82, 2.24) is 9.80 Å². The number of hydrogen-bond acceptors (Lipinski definition) is 8. The van der Waals surface area contributed by atoms with Crippen LogP contribution < -0.4 is 9.47 Å². The van der Waals surface area contributed by atoms with E-state index in [1.165, 1.54) is 11.0 Å². The lowest BCUT2D eigenvalue weighted by molar-refractivity contribution is -0.140. The lowest BCUT2D eigenvalue weighted by Gasteiger charge is -2.31. The molecule has 2 heterocycles. The number of methoxy groups -OCH3 is 1. The van der Waals surface area contributed by atoms with Gasteiger partial charge in [-0.3, -0.25) is 14.5 Å². The third kappa shape index (κ3) is 5.03. The molecular weight excluding hydrogens is 464 g/mol. The quantitative estimate of drug-likeness (QED) is 0.326. The molecule has 0 unspecified atom stereocenters. The zero-order chi connectivity index (χ0) is 25.8. The number of aliphatic hydroxyl groups excluding tert-OH is 1. The zero-order valence-corrected chi connectivity index (χ0v) is 20.8. The Morgan fingerprint density at radius 3 is 2.50 bits per heavy atom. The summed E-state index contributed by atoms with van der Waals surface area (Å²) in [5.41, 5.74) is 1.75. The summed E-state index contributed by atoms with van der Waals surface area (Å²) in [6.45, 7) is 7.54. The fraction of sp³-hybridized carbons (Fsp3) is 0.407. The van der Waals surface area contributed by atoms with Gasteiger partial charge in [-0.15, -0.1) is 0 Å². The Morgan fingerprint density at radius 1 is 1.08 bits per heavy atom. The van der Waals surface area contributed by atoms with Crippen LogP contribution in [0.4, 0.5) is 0 Å². The number of amides is 1. The SMILES string of the molecule is CCOc1cc([C@H]2C(=C(O)c3ccc(OC)c(C)c3)C(=O)C(=O)N2CCN2CCOCC2)ccc1O. The van der Waals surface area contributed by atoms with Gasteiger partial charge >= 0.3 is 0 Å².